The van der Waals surface area contributed by atoms with Crippen LogP contribution in [0, 0.1) is 6.92 Å². The Morgan fingerprint density at radius 3 is 3.10 bits per heavy atom. The molecule has 6 heteroatoms. The number of nitrogens with one attached hydrogen (secondary N) is 1. The van der Waals surface area contributed by atoms with Crippen LogP contribution in [0.25, 0.3) is 0 Å². The number of nitrogens with two attached hydrogens (primary N) is 1. The van der Waals surface area contributed by atoms with Gasteiger partial charge in [-0.25, -0.2) is 9.97 Å². The molecule has 104 valence electrons. The van der Waals surface area contributed by atoms with E-state index < -0.39 is 0 Å². The average molecular weight is 288 g/mol. The number of rotatable bonds is 2. The van der Waals surface area contributed by atoms with Crippen molar-refractivity contribution in [3.05, 3.63) is 40.2 Å². The molecule has 2 aromatic rings. The highest BCUT2D eigenvalue weighted by molar-refractivity contribution is 7.15. The van der Waals surface area contributed by atoms with Crippen molar-refractivity contribution in [3.63, 3.8) is 0 Å². The van der Waals surface area contributed by atoms with Crippen molar-refractivity contribution < 1.29 is 4.79 Å². The van der Waals surface area contributed by atoms with Gasteiger partial charge in [-0.15, -0.1) is 11.3 Å². The average Bonchev–Trinajstić information content (AvgIpc) is 2.80. The van der Waals surface area contributed by atoms with Gasteiger partial charge in [-0.3, -0.25) is 10.1 Å². The second-order valence-electron chi connectivity index (χ2n) is 5.01. The Balaban J connectivity index is 1.77. The third kappa shape index (κ3) is 2.71. The summed E-state index contributed by atoms with van der Waals surface area (Å²) in [7, 11) is 0. The molecule has 0 saturated carbocycles. The van der Waals surface area contributed by atoms with Gasteiger partial charge < -0.3 is 5.73 Å². The number of aryl methyl sites for hydroxylation is 2. The maximum Gasteiger partial charge on any atom is 0.276 e. The van der Waals surface area contributed by atoms with Crippen LogP contribution in [0.15, 0.2) is 18.2 Å². The van der Waals surface area contributed by atoms with Gasteiger partial charge in [0.15, 0.2) is 5.13 Å². The number of nitrogens with zero attached hydrogens (tertiary/aromatic N) is 2. The standard InChI is InChI=1S/C14H16N4OS/c1-8-3-2-4-11(16-8)13(19)18-14-17-10-6-5-9(15)7-12(10)20-14/h2-4,9H,5-7,15H2,1H3,(H,17,18,19)/t9-/m0/s1. The van der Waals surface area contributed by atoms with Crippen LogP contribution in [0.2, 0.25) is 0 Å². The lowest BCUT2D eigenvalue weighted by atomic mass is 9.99. The highest BCUT2D eigenvalue weighted by atomic mass is 32.1. The Labute approximate surface area is 121 Å². The molecular formula is C14H16N4OS. The van der Waals surface area contributed by atoms with Crippen molar-refractivity contribution in [1.29, 1.82) is 0 Å². The van der Waals surface area contributed by atoms with Crippen LogP contribution in [0.3, 0.4) is 0 Å². The molecule has 0 aromatic carbocycles. The van der Waals surface area contributed by atoms with Crippen LogP contribution in [-0.4, -0.2) is 21.9 Å². The quantitative estimate of drug-likeness (QED) is 0.884. The highest BCUT2D eigenvalue weighted by Crippen LogP contribution is 2.29. The zero-order valence-electron chi connectivity index (χ0n) is 11.2. The predicted molar refractivity (Wildman–Crippen MR) is 79.0 cm³/mol. The fourth-order valence-corrected chi connectivity index (χ4v) is 3.38. The summed E-state index contributed by atoms with van der Waals surface area (Å²) in [6, 6.07) is 5.60. The number of amides is 1. The Morgan fingerprint density at radius 2 is 2.30 bits per heavy atom. The maximum atomic E-state index is 12.1. The van der Waals surface area contributed by atoms with Gasteiger partial charge in [0.05, 0.1) is 5.69 Å². The van der Waals surface area contributed by atoms with Gasteiger partial charge in [-0.05, 0) is 38.3 Å². The number of carbonyl (C=O) groups excluding carboxylic acids is 1. The number of hydrogen-bond donors (Lipinski definition) is 2. The lowest BCUT2D eigenvalue weighted by Crippen LogP contribution is -2.27. The highest BCUT2D eigenvalue weighted by Gasteiger charge is 2.21. The predicted octanol–water partition coefficient (Wildman–Crippen LogP) is 1.91. The molecular weight excluding hydrogens is 272 g/mol. The summed E-state index contributed by atoms with van der Waals surface area (Å²) in [4.78, 5) is 22.0. The smallest absolute Gasteiger partial charge is 0.276 e. The SMILES string of the molecule is Cc1cccc(C(=O)Nc2nc3c(s2)C[C@@H](N)CC3)n1. The normalized spacial score (nSPS) is 17.6. The lowest BCUT2D eigenvalue weighted by Gasteiger charge is -2.15. The number of hydrogen-bond acceptors (Lipinski definition) is 5. The molecule has 0 fully saturated rings. The summed E-state index contributed by atoms with van der Waals surface area (Å²) in [5.74, 6) is -0.218. The van der Waals surface area contributed by atoms with Gasteiger partial charge in [0.25, 0.3) is 5.91 Å². The first kappa shape index (κ1) is 13.2. The van der Waals surface area contributed by atoms with Crippen molar-refractivity contribution in [2.75, 3.05) is 5.32 Å². The second-order valence-corrected chi connectivity index (χ2v) is 6.09. The first-order valence-corrected chi connectivity index (χ1v) is 7.42. The molecule has 1 aliphatic rings. The minimum Gasteiger partial charge on any atom is -0.327 e. The van der Waals surface area contributed by atoms with E-state index in [4.69, 9.17) is 5.73 Å². The molecule has 2 aromatic heterocycles. The van der Waals surface area contributed by atoms with Gasteiger partial charge in [0.1, 0.15) is 5.69 Å². The summed E-state index contributed by atoms with van der Waals surface area (Å²) in [6.45, 7) is 1.86. The van der Waals surface area contributed by atoms with E-state index in [0.29, 0.717) is 10.8 Å². The summed E-state index contributed by atoms with van der Waals surface area (Å²) >= 11 is 1.52. The van der Waals surface area contributed by atoms with Crippen LogP contribution in [0.1, 0.15) is 33.2 Å². The van der Waals surface area contributed by atoms with Gasteiger partial charge in [0, 0.05) is 16.6 Å². The largest absolute Gasteiger partial charge is 0.327 e. The Kier molecular flexibility index (Phi) is 3.50. The van der Waals surface area contributed by atoms with Crippen molar-refractivity contribution in [3.8, 4) is 0 Å². The monoisotopic (exact) mass is 288 g/mol. The number of thiazole rings is 1. The number of anilines is 1. The third-order valence-corrected chi connectivity index (χ3v) is 4.35. The summed E-state index contributed by atoms with van der Waals surface area (Å²) in [5, 5.41) is 3.46. The van der Waals surface area contributed by atoms with Crippen molar-refractivity contribution >= 4 is 22.4 Å². The molecule has 3 rings (SSSR count). The molecule has 0 spiro atoms. The molecule has 2 heterocycles. The van der Waals surface area contributed by atoms with E-state index in [1.165, 1.54) is 16.2 Å². The fourth-order valence-electron chi connectivity index (χ4n) is 2.28. The molecule has 1 aliphatic carbocycles. The second kappa shape index (κ2) is 5.30. The van der Waals surface area contributed by atoms with Crippen LogP contribution in [0.5, 0.6) is 0 Å². The minimum atomic E-state index is -0.218. The van der Waals surface area contributed by atoms with E-state index in [2.05, 4.69) is 15.3 Å². The third-order valence-electron chi connectivity index (χ3n) is 3.32. The molecule has 0 bridgehead atoms. The van der Waals surface area contributed by atoms with E-state index >= 15 is 0 Å². The van der Waals surface area contributed by atoms with Crippen molar-refractivity contribution in [1.82, 2.24) is 9.97 Å². The molecule has 3 N–H and O–H groups in total. The Morgan fingerprint density at radius 1 is 1.45 bits per heavy atom. The minimum absolute atomic E-state index is 0.213. The van der Waals surface area contributed by atoms with Crippen LogP contribution in [0.4, 0.5) is 5.13 Å². The number of aromatic nitrogens is 2. The number of carbonyl (C=O) groups is 1. The molecule has 0 unspecified atom stereocenters. The van der Waals surface area contributed by atoms with Crippen LogP contribution >= 0.6 is 11.3 Å². The van der Waals surface area contributed by atoms with Gasteiger partial charge in [-0.1, -0.05) is 6.07 Å². The summed E-state index contributed by atoms with van der Waals surface area (Å²) in [5.41, 5.74) is 8.26. The van der Waals surface area contributed by atoms with E-state index in [9.17, 15) is 4.79 Å². The first-order chi connectivity index (χ1) is 9.61. The van der Waals surface area contributed by atoms with E-state index in [0.717, 1.165) is 30.7 Å². The first-order valence-electron chi connectivity index (χ1n) is 6.61. The van der Waals surface area contributed by atoms with Gasteiger partial charge in [-0.2, -0.15) is 0 Å². The molecule has 1 amide bonds. The molecule has 0 saturated heterocycles. The Bertz CT molecular complexity index is 652. The number of pyridine rings is 1. The van der Waals surface area contributed by atoms with Crippen molar-refractivity contribution in [2.24, 2.45) is 5.73 Å². The van der Waals surface area contributed by atoms with E-state index in [1.54, 1.807) is 6.07 Å². The van der Waals surface area contributed by atoms with Crippen molar-refractivity contribution in [2.45, 2.75) is 32.2 Å². The molecule has 0 aliphatic heterocycles. The lowest BCUT2D eigenvalue weighted by molar-refractivity contribution is 0.102. The Hall–Kier alpha value is -1.79. The van der Waals surface area contributed by atoms with Crippen LogP contribution in [-0.2, 0) is 12.8 Å². The molecule has 1 atom stereocenters. The zero-order chi connectivity index (χ0) is 14.1. The molecule has 20 heavy (non-hydrogen) atoms. The molecule has 5 nitrogen and oxygen atoms in total. The van der Waals surface area contributed by atoms with Gasteiger partial charge >= 0.3 is 0 Å². The topological polar surface area (TPSA) is 80.9 Å². The van der Waals surface area contributed by atoms with E-state index in [1.807, 2.05) is 19.1 Å². The van der Waals surface area contributed by atoms with E-state index in [-0.39, 0.29) is 11.9 Å². The number of fused-ring (bicyclic) bond motifs is 1. The summed E-state index contributed by atoms with van der Waals surface area (Å²) < 4.78 is 0. The fraction of sp³-hybridized carbons (Fsp3) is 0.357. The maximum absolute atomic E-state index is 12.1. The van der Waals surface area contributed by atoms with Crippen LogP contribution < -0.4 is 11.1 Å². The zero-order valence-corrected chi connectivity index (χ0v) is 12.0. The molecule has 0 radical (unpaired) electrons. The summed E-state index contributed by atoms with van der Waals surface area (Å²) in [6.07, 6.45) is 2.71. The van der Waals surface area contributed by atoms with Gasteiger partial charge in [0.2, 0.25) is 0 Å².